The predicted molar refractivity (Wildman–Crippen MR) is 190 cm³/mol. The van der Waals surface area contributed by atoms with Crippen molar-refractivity contribution < 1.29 is 36.3 Å². The molecule has 2 amide bonds. The van der Waals surface area contributed by atoms with E-state index in [1.807, 2.05) is 13.8 Å². The molecule has 3 atom stereocenters. The summed E-state index contributed by atoms with van der Waals surface area (Å²) in [6.45, 7) is 5.24. The molecule has 7 rings (SSSR count). The number of H-pyrrole nitrogens is 1. The highest BCUT2D eigenvalue weighted by Gasteiger charge is 2.38. The maximum atomic E-state index is 15.9. The van der Waals surface area contributed by atoms with Crippen LogP contribution in [0.1, 0.15) is 63.0 Å². The predicted octanol–water partition coefficient (Wildman–Crippen LogP) is 6.97. The Hall–Kier alpha value is -5.08. The number of hydrogen-bond acceptors (Lipinski definition) is 7. The quantitative estimate of drug-likeness (QED) is 0.189. The van der Waals surface area contributed by atoms with Gasteiger partial charge in [-0.2, -0.15) is 0 Å². The molecule has 0 radical (unpaired) electrons. The number of amides is 2. The number of aromatic nitrogens is 2. The number of ether oxygens (including phenoxy) is 1. The van der Waals surface area contributed by atoms with E-state index in [0.717, 1.165) is 6.42 Å². The number of hydrogen-bond donors (Lipinski definition) is 2. The number of aromatic amines is 1. The molecule has 15 heteroatoms. The maximum absolute atomic E-state index is 15.9. The lowest BCUT2D eigenvalue weighted by Gasteiger charge is -2.38. The third-order valence-corrected chi connectivity index (χ3v) is 10.7. The van der Waals surface area contributed by atoms with Crippen LogP contribution < -0.4 is 20.0 Å². The number of likely N-dealkylation sites (tertiary alicyclic amines) is 1. The van der Waals surface area contributed by atoms with Gasteiger partial charge in [0, 0.05) is 50.5 Å². The Morgan fingerprint density at radius 2 is 1.42 bits per heavy atom. The molecule has 4 aromatic rings. The molecule has 0 spiro atoms. The average molecular weight is 740 g/mol. The van der Waals surface area contributed by atoms with Gasteiger partial charge in [-0.05, 0) is 68.0 Å². The number of para-hydroxylation sites is 1. The molecule has 1 aromatic heterocycles. The highest BCUT2D eigenvalue weighted by atomic mass is 19.1. The Labute approximate surface area is 303 Å². The first kappa shape index (κ1) is 36.3. The van der Waals surface area contributed by atoms with Crippen molar-refractivity contribution in [1.82, 2.24) is 20.2 Å². The van der Waals surface area contributed by atoms with Crippen LogP contribution in [0.5, 0.6) is 0 Å². The summed E-state index contributed by atoms with van der Waals surface area (Å²) in [7, 11) is 1.24. The van der Waals surface area contributed by atoms with Gasteiger partial charge in [0.25, 0.3) is 0 Å². The molecule has 3 aromatic carbocycles. The van der Waals surface area contributed by atoms with E-state index >= 15 is 13.2 Å². The number of carbonyl (C=O) groups excluding carboxylic acids is 2. The van der Waals surface area contributed by atoms with Crippen molar-refractivity contribution in [2.75, 3.05) is 61.1 Å². The third-order valence-electron chi connectivity index (χ3n) is 10.7. The van der Waals surface area contributed by atoms with Gasteiger partial charge in [0.15, 0.2) is 11.6 Å². The Balaban J connectivity index is 1.09. The average Bonchev–Trinajstić information content (AvgIpc) is 3.90. The van der Waals surface area contributed by atoms with Crippen molar-refractivity contribution >= 4 is 40.1 Å². The van der Waals surface area contributed by atoms with E-state index in [2.05, 4.69) is 10.3 Å². The van der Waals surface area contributed by atoms with E-state index in [1.54, 1.807) is 15.9 Å². The summed E-state index contributed by atoms with van der Waals surface area (Å²) in [5.74, 6) is -3.38. The molecule has 0 bridgehead atoms. The van der Waals surface area contributed by atoms with Crippen LogP contribution in [0.2, 0.25) is 0 Å². The lowest BCUT2D eigenvalue weighted by molar-refractivity contribution is -0.135. The molecule has 282 valence electrons. The molecule has 3 fully saturated rings. The molecule has 0 unspecified atom stereocenters. The van der Waals surface area contributed by atoms with Crippen LogP contribution in [0.15, 0.2) is 42.5 Å². The van der Waals surface area contributed by atoms with E-state index in [0.29, 0.717) is 54.8 Å². The fourth-order valence-electron chi connectivity index (χ4n) is 8.04. The molecule has 4 heterocycles. The van der Waals surface area contributed by atoms with Crippen LogP contribution in [0.4, 0.5) is 43.8 Å². The highest BCUT2D eigenvalue weighted by molar-refractivity contribution is 5.86. The van der Waals surface area contributed by atoms with Gasteiger partial charge >= 0.3 is 6.09 Å². The number of nitrogens with one attached hydrogen (secondary N) is 2. The monoisotopic (exact) mass is 739 g/mol. The number of halogens is 5. The minimum atomic E-state index is -0.796. The van der Waals surface area contributed by atoms with Gasteiger partial charge in [-0.3, -0.25) is 4.79 Å². The van der Waals surface area contributed by atoms with E-state index in [-0.39, 0.29) is 55.1 Å². The maximum Gasteiger partial charge on any atom is 0.407 e. The van der Waals surface area contributed by atoms with Crippen molar-refractivity contribution in [3.8, 4) is 0 Å². The largest absolute Gasteiger partial charge is 0.453 e. The summed E-state index contributed by atoms with van der Waals surface area (Å²) >= 11 is 0. The molecule has 3 saturated heterocycles. The van der Waals surface area contributed by atoms with Crippen LogP contribution in [0.3, 0.4) is 0 Å². The Morgan fingerprint density at radius 1 is 0.811 bits per heavy atom. The van der Waals surface area contributed by atoms with Gasteiger partial charge in [-0.1, -0.05) is 19.9 Å². The highest BCUT2D eigenvalue weighted by Crippen LogP contribution is 2.41. The number of nitrogens with zero attached hydrogens (tertiary/aromatic N) is 5. The topological polar surface area (TPSA) is 97.0 Å². The van der Waals surface area contributed by atoms with E-state index in [1.165, 1.54) is 53.3 Å². The van der Waals surface area contributed by atoms with E-state index in [9.17, 15) is 18.4 Å². The van der Waals surface area contributed by atoms with Crippen LogP contribution in [0, 0.1) is 35.0 Å². The van der Waals surface area contributed by atoms with Crippen molar-refractivity contribution in [3.05, 3.63) is 82.9 Å². The molecule has 10 nitrogen and oxygen atoms in total. The van der Waals surface area contributed by atoms with Crippen molar-refractivity contribution in [2.45, 2.75) is 57.7 Å². The molecule has 3 aliphatic heterocycles. The summed E-state index contributed by atoms with van der Waals surface area (Å²) in [4.78, 5) is 40.1. The summed E-state index contributed by atoms with van der Waals surface area (Å²) in [6.07, 6.45) is 1.88. The first-order valence-electron chi connectivity index (χ1n) is 18.0. The van der Waals surface area contributed by atoms with Crippen LogP contribution in [-0.2, 0) is 9.53 Å². The zero-order valence-corrected chi connectivity index (χ0v) is 29.8. The fourth-order valence-corrected chi connectivity index (χ4v) is 8.04. The lowest BCUT2D eigenvalue weighted by Crippen LogP contribution is -2.51. The SMILES string of the molecule is COC(=O)N[C@H](C(=O)N1CCC[C@H]1c1nc2cc([C@@H]3CCCN3c3cc(F)c(N4CCN(c5c(F)cccc5F)CC4)c(F)c3)c(F)cc2[nH]1)C(C)C. The second-order valence-corrected chi connectivity index (χ2v) is 14.2. The molecular weight excluding hydrogens is 697 g/mol. The number of methoxy groups -OCH3 is 1. The van der Waals surface area contributed by atoms with Crippen LogP contribution in [-0.4, -0.2) is 79.3 Å². The van der Waals surface area contributed by atoms with Crippen molar-refractivity contribution in [3.63, 3.8) is 0 Å². The second-order valence-electron chi connectivity index (χ2n) is 14.2. The number of carbonyl (C=O) groups is 2. The van der Waals surface area contributed by atoms with E-state index < -0.39 is 53.3 Å². The summed E-state index contributed by atoms with van der Waals surface area (Å²) < 4.78 is 80.8. The summed E-state index contributed by atoms with van der Waals surface area (Å²) in [5.41, 5.74) is 1.21. The summed E-state index contributed by atoms with van der Waals surface area (Å²) in [5, 5.41) is 2.63. The number of alkyl carbamates (subject to hydrolysis) is 1. The fraction of sp³-hybridized carbons (Fsp3) is 0.447. The summed E-state index contributed by atoms with van der Waals surface area (Å²) in [6, 6.07) is 7.47. The molecule has 53 heavy (non-hydrogen) atoms. The minimum Gasteiger partial charge on any atom is -0.453 e. The third kappa shape index (κ3) is 6.93. The number of piperazine rings is 1. The van der Waals surface area contributed by atoms with Crippen LogP contribution >= 0.6 is 0 Å². The van der Waals surface area contributed by atoms with E-state index in [4.69, 9.17) is 9.72 Å². The van der Waals surface area contributed by atoms with Crippen molar-refractivity contribution in [1.29, 1.82) is 0 Å². The second kappa shape index (κ2) is 14.7. The number of benzene rings is 3. The Morgan fingerprint density at radius 3 is 2.04 bits per heavy atom. The lowest BCUT2D eigenvalue weighted by atomic mass is 10.0. The van der Waals surface area contributed by atoms with Gasteiger partial charge < -0.3 is 34.6 Å². The Kier molecular flexibility index (Phi) is 10.1. The zero-order chi connectivity index (χ0) is 37.6. The van der Waals surface area contributed by atoms with Gasteiger partial charge in [0.2, 0.25) is 5.91 Å². The van der Waals surface area contributed by atoms with Gasteiger partial charge in [-0.15, -0.1) is 0 Å². The van der Waals surface area contributed by atoms with Crippen molar-refractivity contribution in [2.24, 2.45) is 5.92 Å². The normalized spacial score (nSPS) is 19.8. The molecular formula is C38H42F5N7O3. The standard InChI is InChI=1S/C38H42F5N7O3/c1-21(2)33(46-38(52)53-3)37(51)50-12-6-10-32(50)36-44-29-19-23(26(41)20-30(29)45-36)31-9-5-11-49(31)22-17-27(42)35(28(43)18-22)48-15-13-47(14-16-48)34-24(39)7-4-8-25(34)40/h4,7-8,17-21,31-33H,5-6,9-16H2,1-3H3,(H,44,45)(H,46,52)/t31-,32-,33-/m0/s1. The van der Waals surface area contributed by atoms with Gasteiger partial charge in [0.05, 0.1) is 30.2 Å². The van der Waals surface area contributed by atoms with Crippen LogP contribution in [0.25, 0.3) is 11.0 Å². The molecule has 2 N–H and O–H groups in total. The zero-order valence-electron chi connectivity index (χ0n) is 29.8. The Bertz CT molecular complexity index is 1970. The first-order valence-corrected chi connectivity index (χ1v) is 18.0. The van der Waals surface area contributed by atoms with Gasteiger partial charge in [0.1, 0.15) is 40.7 Å². The molecule has 0 saturated carbocycles. The first-order chi connectivity index (χ1) is 25.4. The number of fused-ring (bicyclic) bond motifs is 1. The van der Waals surface area contributed by atoms with Gasteiger partial charge in [-0.25, -0.2) is 31.7 Å². The number of anilines is 3. The smallest absolute Gasteiger partial charge is 0.407 e. The molecule has 0 aliphatic carbocycles. The number of rotatable bonds is 8. The molecule has 3 aliphatic rings. The number of imidazole rings is 1. The minimum absolute atomic E-state index is 0.152.